The molecule has 0 unspecified atom stereocenters. The van der Waals surface area contributed by atoms with Crippen molar-refractivity contribution in [3.63, 3.8) is 0 Å². The predicted octanol–water partition coefficient (Wildman–Crippen LogP) is 2.83. The first-order valence-electron chi connectivity index (χ1n) is 6.76. The van der Waals surface area contributed by atoms with Gasteiger partial charge in [0.25, 0.3) is 0 Å². The van der Waals surface area contributed by atoms with Crippen molar-refractivity contribution in [1.29, 1.82) is 0 Å². The third kappa shape index (κ3) is 3.05. The number of carbonyl (C=O) groups excluding carboxylic acids is 1. The van der Waals surface area contributed by atoms with Crippen LogP contribution in [0.3, 0.4) is 0 Å². The molecule has 5 heteroatoms. The van der Waals surface area contributed by atoms with Crippen molar-refractivity contribution >= 4 is 17.3 Å². The summed E-state index contributed by atoms with van der Waals surface area (Å²) in [5.74, 6) is 0.711. The molecule has 2 aromatic rings. The van der Waals surface area contributed by atoms with Gasteiger partial charge in [0, 0.05) is 5.92 Å². The summed E-state index contributed by atoms with van der Waals surface area (Å²) >= 11 is 1.45. The lowest BCUT2D eigenvalue weighted by atomic mass is 9.99. The van der Waals surface area contributed by atoms with E-state index in [2.05, 4.69) is 10.3 Å². The van der Waals surface area contributed by atoms with E-state index in [0.717, 1.165) is 30.9 Å². The number of benzene rings is 1. The van der Waals surface area contributed by atoms with Crippen LogP contribution >= 0.6 is 11.3 Å². The van der Waals surface area contributed by atoms with Gasteiger partial charge in [0.05, 0.1) is 11.2 Å². The molecular weight excluding hydrogens is 272 g/mol. The van der Waals surface area contributed by atoms with Crippen molar-refractivity contribution in [3.05, 3.63) is 46.4 Å². The predicted molar refractivity (Wildman–Crippen MR) is 78.4 cm³/mol. The van der Waals surface area contributed by atoms with Crippen LogP contribution in [0.5, 0.6) is 5.75 Å². The number of nitrogens with one attached hydrogen (secondary N) is 1. The molecule has 104 valence electrons. The Morgan fingerprint density at radius 1 is 1.25 bits per heavy atom. The standard InChI is InChI=1S/C15H16N2O2S/c18-15(19-12-4-2-1-3-5-12)13-10-17-14(20-13)11-6-8-16-9-7-11/h1-5,10-11,16H,6-9H2. The number of carbonyl (C=O) groups is 1. The second kappa shape index (κ2) is 6.15. The molecular formula is C15H16N2O2S. The number of piperidine rings is 1. The van der Waals surface area contributed by atoms with Crippen LogP contribution in [-0.2, 0) is 0 Å². The number of nitrogens with zero attached hydrogens (tertiary/aromatic N) is 1. The van der Waals surface area contributed by atoms with E-state index in [1.54, 1.807) is 18.3 Å². The summed E-state index contributed by atoms with van der Waals surface area (Å²) in [5.41, 5.74) is 0. The van der Waals surface area contributed by atoms with E-state index in [1.807, 2.05) is 18.2 Å². The van der Waals surface area contributed by atoms with Gasteiger partial charge in [-0.05, 0) is 38.1 Å². The molecule has 0 radical (unpaired) electrons. The van der Waals surface area contributed by atoms with Crippen molar-refractivity contribution < 1.29 is 9.53 Å². The summed E-state index contributed by atoms with van der Waals surface area (Å²) in [6.07, 6.45) is 3.80. The molecule has 1 aliphatic heterocycles. The van der Waals surface area contributed by atoms with Crippen molar-refractivity contribution in [1.82, 2.24) is 10.3 Å². The van der Waals surface area contributed by atoms with Gasteiger partial charge in [-0.25, -0.2) is 9.78 Å². The smallest absolute Gasteiger partial charge is 0.355 e. The third-order valence-electron chi connectivity index (χ3n) is 3.37. The minimum absolute atomic E-state index is 0.325. The molecule has 0 spiro atoms. The number of para-hydroxylation sites is 1. The lowest BCUT2D eigenvalue weighted by Gasteiger charge is -2.20. The second-order valence-electron chi connectivity index (χ2n) is 4.79. The van der Waals surface area contributed by atoms with E-state index in [4.69, 9.17) is 4.74 Å². The normalized spacial score (nSPS) is 16.0. The molecule has 1 aromatic carbocycles. The molecule has 2 heterocycles. The molecule has 0 saturated carbocycles. The Hall–Kier alpha value is -1.72. The minimum atomic E-state index is -0.325. The van der Waals surface area contributed by atoms with Crippen LogP contribution in [0, 0.1) is 0 Å². The topological polar surface area (TPSA) is 51.2 Å². The molecule has 1 N–H and O–H groups in total. The van der Waals surface area contributed by atoms with Gasteiger partial charge in [-0.1, -0.05) is 18.2 Å². The van der Waals surface area contributed by atoms with Gasteiger partial charge in [0.1, 0.15) is 10.6 Å². The zero-order chi connectivity index (χ0) is 13.8. The summed E-state index contributed by atoms with van der Waals surface area (Å²) in [7, 11) is 0. The molecule has 1 aromatic heterocycles. The SMILES string of the molecule is O=C(Oc1ccccc1)c1cnc(C2CCNCC2)s1. The molecule has 0 amide bonds. The Balaban J connectivity index is 1.68. The molecule has 20 heavy (non-hydrogen) atoms. The van der Waals surface area contributed by atoms with Gasteiger partial charge in [-0.15, -0.1) is 11.3 Å². The van der Waals surface area contributed by atoms with Crippen LogP contribution in [0.2, 0.25) is 0 Å². The van der Waals surface area contributed by atoms with Crippen molar-refractivity contribution in [2.45, 2.75) is 18.8 Å². The van der Waals surface area contributed by atoms with Crippen molar-refractivity contribution in [2.24, 2.45) is 0 Å². The summed E-state index contributed by atoms with van der Waals surface area (Å²) in [6.45, 7) is 2.04. The van der Waals surface area contributed by atoms with Gasteiger partial charge >= 0.3 is 5.97 Å². The first-order chi connectivity index (χ1) is 9.83. The van der Waals surface area contributed by atoms with Gasteiger partial charge in [-0.2, -0.15) is 0 Å². The van der Waals surface area contributed by atoms with Gasteiger partial charge in [0.2, 0.25) is 0 Å². The van der Waals surface area contributed by atoms with E-state index in [0.29, 0.717) is 16.5 Å². The fourth-order valence-corrected chi connectivity index (χ4v) is 3.25. The maximum atomic E-state index is 12.0. The monoisotopic (exact) mass is 288 g/mol. The second-order valence-corrected chi connectivity index (χ2v) is 5.85. The van der Waals surface area contributed by atoms with Crippen LogP contribution in [0.1, 0.15) is 33.4 Å². The van der Waals surface area contributed by atoms with Crippen molar-refractivity contribution in [3.8, 4) is 5.75 Å². The minimum Gasteiger partial charge on any atom is -0.422 e. The molecule has 4 nitrogen and oxygen atoms in total. The third-order valence-corrected chi connectivity index (χ3v) is 4.51. The van der Waals surface area contributed by atoms with E-state index < -0.39 is 0 Å². The lowest BCUT2D eigenvalue weighted by molar-refractivity contribution is 0.0739. The van der Waals surface area contributed by atoms with Crippen LogP contribution in [0.25, 0.3) is 0 Å². The fraction of sp³-hybridized carbons (Fsp3) is 0.333. The van der Waals surface area contributed by atoms with Gasteiger partial charge in [0.15, 0.2) is 0 Å². The van der Waals surface area contributed by atoms with Crippen LogP contribution in [0.4, 0.5) is 0 Å². The van der Waals surface area contributed by atoms with Crippen molar-refractivity contribution in [2.75, 3.05) is 13.1 Å². The number of rotatable bonds is 3. The summed E-state index contributed by atoms with van der Waals surface area (Å²) < 4.78 is 5.32. The first-order valence-corrected chi connectivity index (χ1v) is 7.58. The van der Waals surface area contributed by atoms with Crippen LogP contribution in [0.15, 0.2) is 36.5 Å². The van der Waals surface area contributed by atoms with Gasteiger partial charge in [-0.3, -0.25) is 0 Å². The number of aromatic nitrogens is 1. The average molecular weight is 288 g/mol. The van der Waals surface area contributed by atoms with Crippen LogP contribution < -0.4 is 10.1 Å². The quantitative estimate of drug-likeness (QED) is 0.697. The Labute approximate surface area is 121 Å². The molecule has 0 bridgehead atoms. The molecule has 1 fully saturated rings. The van der Waals surface area contributed by atoms with E-state index in [9.17, 15) is 4.79 Å². The number of hydrogen-bond acceptors (Lipinski definition) is 5. The zero-order valence-corrected chi connectivity index (χ0v) is 11.9. The maximum absolute atomic E-state index is 12.0. The summed E-state index contributed by atoms with van der Waals surface area (Å²) in [4.78, 5) is 17.0. The highest BCUT2D eigenvalue weighted by Gasteiger charge is 2.21. The highest BCUT2D eigenvalue weighted by Crippen LogP contribution is 2.29. The maximum Gasteiger partial charge on any atom is 0.355 e. The summed E-state index contributed by atoms with van der Waals surface area (Å²) in [5, 5.41) is 4.38. The summed E-state index contributed by atoms with van der Waals surface area (Å²) in [6, 6.07) is 9.12. The van der Waals surface area contributed by atoms with E-state index in [-0.39, 0.29) is 5.97 Å². The number of esters is 1. The molecule has 0 aliphatic carbocycles. The average Bonchev–Trinajstić information content (AvgIpc) is 2.99. The van der Waals surface area contributed by atoms with E-state index >= 15 is 0 Å². The Morgan fingerprint density at radius 2 is 2.00 bits per heavy atom. The van der Waals surface area contributed by atoms with Gasteiger partial charge < -0.3 is 10.1 Å². The highest BCUT2D eigenvalue weighted by molar-refractivity contribution is 7.13. The molecule has 1 saturated heterocycles. The Morgan fingerprint density at radius 3 is 2.75 bits per heavy atom. The number of ether oxygens (including phenoxy) is 1. The Bertz CT molecular complexity index is 577. The molecule has 1 aliphatic rings. The number of hydrogen-bond donors (Lipinski definition) is 1. The lowest BCUT2D eigenvalue weighted by Crippen LogP contribution is -2.26. The zero-order valence-electron chi connectivity index (χ0n) is 11.0. The first kappa shape index (κ1) is 13.3. The van der Waals surface area contributed by atoms with E-state index in [1.165, 1.54) is 11.3 Å². The fourth-order valence-electron chi connectivity index (χ4n) is 2.29. The highest BCUT2D eigenvalue weighted by atomic mass is 32.1. The molecule has 3 rings (SSSR count). The van der Waals surface area contributed by atoms with Crippen LogP contribution in [-0.4, -0.2) is 24.0 Å². The number of thiazole rings is 1. The molecule has 0 atom stereocenters. The largest absolute Gasteiger partial charge is 0.422 e. The Kier molecular flexibility index (Phi) is 4.08.